The molecule has 3 nitrogen and oxygen atoms in total. The first kappa shape index (κ1) is 19.0. The van der Waals surface area contributed by atoms with Crippen molar-refractivity contribution < 1.29 is 9.53 Å². The number of aliphatic hydroxyl groups is 1. The van der Waals surface area contributed by atoms with E-state index in [-0.39, 0.29) is 17.1 Å². The van der Waals surface area contributed by atoms with Crippen LogP contribution >= 0.6 is 0 Å². The van der Waals surface area contributed by atoms with Crippen LogP contribution in [0.15, 0.2) is 49.3 Å². The molecule has 1 aromatic carbocycles. The third-order valence-electron chi connectivity index (χ3n) is 5.34. The second kappa shape index (κ2) is 6.87. The fourth-order valence-electron chi connectivity index (χ4n) is 2.80. The van der Waals surface area contributed by atoms with Crippen molar-refractivity contribution in [2.45, 2.75) is 63.5 Å². The summed E-state index contributed by atoms with van der Waals surface area (Å²) in [7, 11) is -1.94. The fourth-order valence-corrected chi connectivity index (χ4v) is 3.89. The SMILES string of the molecule is C=C[C@H](N[C@H]1c2ccccc2C[C@H]1O)C(=C)O[Si](C)(C)C(C)(C)C. The molecular weight excluding hydrogens is 314 g/mol. The molecule has 0 fully saturated rings. The van der Waals surface area contributed by atoms with E-state index < -0.39 is 14.4 Å². The lowest BCUT2D eigenvalue weighted by atomic mass is 10.1. The molecule has 4 heteroatoms. The van der Waals surface area contributed by atoms with Gasteiger partial charge in [-0.15, -0.1) is 6.58 Å². The monoisotopic (exact) mass is 345 g/mol. The third kappa shape index (κ3) is 3.82. The largest absolute Gasteiger partial charge is 0.545 e. The Hall–Kier alpha value is -1.36. The number of rotatable bonds is 6. The van der Waals surface area contributed by atoms with Crippen LogP contribution in [0.4, 0.5) is 0 Å². The van der Waals surface area contributed by atoms with E-state index in [1.54, 1.807) is 0 Å². The molecule has 0 bridgehead atoms. The lowest BCUT2D eigenvalue weighted by Gasteiger charge is -2.39. The van der Waals surface area contributed by atoms with Gasteiger partial charge in [0.2, 0.25) is 8.32 Å². The molecule has 3 atom stereocenters. The van der Waals surface area contributed by atoms with E-state index in [0.29, 0.717) is 12.2 Å². The molecule has 0 aliphatic heterocycles. The van der Waals surface area contributed by atoms with E-state index in [0.717, 1.165) is 5.56 Å². The van der Waals surface area contributed by atoms with Crippen LogP contribution in [0.1, 0.15) is 37.9 Å². The maximum atomic E-state index is 10.4. The average Bonchev–Trinajstić information content (AvgIpc) is 2.78. The van der Waals surface area contributed by atoms with E-state index in [2.05, 4.69) is 64.5 Å². The summed E-state index contributed by atoms with van der Waals surface area (Å²) >= 11 is 0. The van der Waals surface area contributed by atoms with E-state index >= 15 is 0 Å². The molecule has 0 saturated heterocycles. The number of hydrogen-bond acceptors (Lipinski definition) is 3. The molecule has 2 N–H and O–H groups in total. The van der Waals surface area contributed by atoms with Gasteiger partial charge in [-0.25, -0.2) is 0 Å². The maximum Gasteiger partial charge on any atom is 0.250 e. The van der Waals surface area contributed by atoms with Crippen molar-refractivity contribution in [2.75, 3.05) is 0 Å². The minimum atomic E-state index is -1.94. The predicted molar refractivity (Wildman–Crippen MR) is 103 cm³/mol. The Morgan fingerprint density at radius 2 is 2.00 bits per heavy atom. The molecule has 0 heterocycles. The summed E-state index contributed by atoms with van der Waals surface area (Å²) in [4.78, 5) is 0. The van der Waals surface area contributed by atoms with Crippen molar-refractivity contribution in [1.82, 2.24) is 5.32 Å². The quantitative estimate of drug-likeness (QED) is 0.458. The molecule has 1 aliphatic rings. The van der Waals surface area contributed by atoms with Crippen LogP contribution in [0.5, 0.6) is 0 Å². The van der Waals surface area contributed by atoms with E-state index in [1.807, 2.05) is 18.2 Å². The Morgan fingerprint density at radius 1 is 1.38 bits per heavy atom. The molecule has 0 unspecified atom stereocenters. The minimum Gasteiger partial charge on any atom is -0.545 e. The van der Waals surface area contributed by atoms with Gasteiger partial charge in [-0.05, 0) is 29.3 Å². The first-order valence-electron chi connectivity index (χ1n) is 8.59. The normalized spacial score (nSPS) is 21.9. The van der Waals surface area contributed by atoms with Crippen molar-refractivity contribution in [3.8, 4) is 0 Å². The average molecular weight is 346 g/mol. The fraction of sp³-hybridized carbons (Fsp3) is 0.500. The topological polar surface area (TPSA) is 41.5 Å². The van der Waals surface area contributed by atoms with Gasteiger partial charge >= 0.3 is 0 Å². The lowest BCUT2D eigenvalue weighted by Crippen LogP contribution is -2.44. The highest BCUT2D eigenvalue weighted by molar-refractivity contribution is 6.74. The summed E-state index contributed by atoms with van der Waals surface area (Å²) in [6, 6.07) is 7.85. The molecule has 1 aliphatic carbocycles. The second-order valence-corrected chi connectivity index (χ2v) is 12.9. The first-order valence-corrected chi connectivity index (χ1v) is 11.5. The van der Waals surface area contributed by atoms with Crippen LogP contribution in [0.3, 0.4) is 0 Å². The first-order chi connectivity index (χ1) is 11.1. The van der Waals surface area contributed by atoms with Crippen LogP contribution < -0.4 is 5.32 Å². The molecule has 24 heavy (non-hydrogen) atoms. The highest BCUT2D eigenvalue weighted by Crippen LogP contribution is 2.38. The number of aliphatic hydroxyl groups excluding tert-OH is 1. The molecule has 2 rings (SSSR count). The maximum absolute atomic E-state index is 10.4. The predicted octanol–water partition coefficient (Wildman–Crippen LogP) is 4.32. The van der Waals surface area contributed by atoms with Crippen LogP contribution in [-0.4, -0.2) is 25.6 Å². The summed E-state index contributed by atoms with van der Waals surface area (Å²) in [6.07, 6.45) is 2.04. The van der Waals surface area contributed by atoms with Gasteiger partial charge in [-0.2, -0.15) is 0 Å². The summed E-state index contributed by atoms with van der Waals surface area (Å²) in [6.45, 7) is 19.1. The smallest absolute Gasteiger partial charge is 0.250 e. The van der Waals surface area contributed by atoms with E-state index in [9.17, 15) is 5.11 Å². The van der Waals surface area contributed by atoms with Crippen LogP contribution in [0.2, 0.25) is 18.1 Å². The summed E-state index contributed by atoms with van der Waals surface area (Å²) in [5.41, 5.74) is 2.35. The van der Waals surface area contributed by atoms with Crippen molar-refractivity contribution in [2.24, 2.45) is 0 Å². The Kier molecular flexibility index (Phi) is 5.43. The van der Waals surface area contributed by atoms with Gasteiger partial charge in [0.1, 0.15) is 0 Å². The molecular formula is C20H31NO2Si. The summed E-state index contributed by atoms with van der Waals surface area (Å²) in [5, 5.41) is 14.0. The molecule has 1 aromatic rings. The zero-order valence-electron chi connectivity index (χ0n) is 15.6. The summed E-state index contributed by atoms with van der Waals surface area (Å²) < 4.78 is 6.32. The van der Waals surface area contributed by atoms with E-state index in [1.165, 1.54) is 5.56 Å². The van der Waals surface area contributed by atoms with Crippen molar-refractivity contribution in [3.05, 3.63) is 60.4 Å². The number of benzene rings is 1. The van der Waals surface area contributed by atoms with Crippen LogP contribution in [-0.2, 0) is 10.8 Å². The van der Waals surface area contributed by atoms with Gasteiger partial charge in [0.05, 0.1) is 23.9 Å². The highest BCUT2D eigenvalue weighted by atomic mass is 28.4. The molecule has 0 saturated carbocycles. The zero-order chi connectivity index (χ0) is 18.1. The minimum absolute atomic E-state index is 0.112. The molecule has 0 radical (unpaired) electrons. The number of hydrogen-bond donors (Lipinski definition) is 2. The van der Waals surface area contributed by atoms with Crippen LogP contribution in [0, 0.1) is 0 Å². The number of nitrogens with one attached hydrogen (secondary N) is 1. The second-order valence-electron chi connectivity index (χ2n) is 8.16. The molecule has 0 amide bonds. The molecule has 0 aromatic heterocycles. The van der Waals surface area contributed by atoms with Gasteiger partial charge in [0.25, 0.3) is 0 Å². The van der Waals surface area contributed by atoms with Crippen molar-refractivity contribution in [3.63, 3.8) is 0 Å². The van der Waals surface area contributed by atoms with E-state index in [4.69, 9.17) is 4.43 Å². The van der Waals surface area contributed by atoms with Crippen LogP contribution in [0.25, 0.3) is 0 Å². The van der Waals surface area contributed by atoms with Gasteiger partial charge in [0.15, 0.2) is 0 Å². The zero-order valence-corrected chi connectivity index (χ0v) is 16.6. The molecule has 0 spiro atoms. The Balaban J connectivity index is 2.13. The lowest BCUT2D eigenvalue weighted by molar-refractivity contribution is 0.137. The van der Waals surface area contributed by atoms with Crippen molar-refractivity contribution in [1.29, 1.82) is 0 Å². The number of fused-ring (bicyclic) bond motifs is 1. The molecule has 132 valence electrons. The van der Waals surface area contributed by atoms with Gasteiger partial charge in [0, 0.05) is 6.42 Å². The standard InChI is InChI=1S/C20H31NO2Si/c1-8-17(14(2)23-24(6,7)20(3,4)5)21-19-16-12-10-9-11-15(16)13-18(19)22/h8-12,17-19,21-22H,1-2,13H2,3-7H3/t17-,18+,19-/m0/s1. The Labute approximate surface area is 147 Å². The van der Waals surface area contributed by atoms with Crippen molar-refractivity contribution >= 4 is 8.32 Å². The van der Waals surface area contributed by atoms with Gasteiger partial charge in [-0.3, -0.25) is 5.32 Å². The van der Waals surface area contributed by atoms with Gasteiger partial charge in [-0.1, -0.05) is 57.7 Å². The summed E-state index contributed by atoms with van der Waals surface area (Å²) in [5.74, 6) is 0.688. The Bertz CT molecular complexity index is 618. The van der Waals surface area contributed by atoms with Gasteiger partial charge < -0.3 is 9.53 Å². The highest BCUT2D eigenvalue weighted by Gasteiger charge is 2.40. The Morgan fingerprint density at radius 3 is 2.58 bits per heavy atom. The third-order valence-corrected chi connectivity index (χ3v) is 9.72.